The topological polar surface area (TPSA) is 101 Å². The normalized spacial score (nSPS) is 13.4. The molecule has 0 fully saturated rings. The molecule has 6 heteroatoms. The second-order valence-corrected chi connectivity index (χ2v) is 7.84. The van der Waals surface area contributed by atoms with Crippen molar-refractivity contribution >= 4 is 5.91 Å². The Labute approximate surface area is 170 Å². The summed E-state index contributed by atoms with van der Waals surface area (Å²) in [4.78, 5) is 16.1. The van der Waals surface area contributed by atoms with Crippen molar-refractivity contribution in [3.63, 3.8) is 0 Å². The number of nitrogens with zero attached hydrogens (tertiary/aromatic N) is 1. The van der Waals surface area contributed by atoms with E-state index in [0.29, 0.717) is 6.54 Å². The highest BCUT2D eigenvalue weighted by Crippen LogP contribution is 2.14. The first-order valence-electron chi connectivity index (χ1n) is 11.2. The van der Waals surface area contributed by atoms with Gasteiger partial charge >= 0.3 is 0 Å². The Morgan fingerprint density at radius 2 is 1.54 bits per heavy atom. The number of carbonyl (C=O) groups excluding carboxylic acids is 1. The smallest absolute Gasteiger partial charge is 0.273 e. The first-order valence-corrected chi connectivity index (χ1v) is 11.2. The molecule has 28 heavy (non-hydrogen) atoms. The Morgan fingerprint density at radius 3 is 2.04 bits per heavy atom. The van der Waals surface area contributed by atoms with Crippen LogP contribution in [0.5, 0.6) is 0 Å². The SMILES string of the molecule is CCCCCCCCCCCCCCCNC(=O)c1coc(C(N)C(C)O)n1. The van der Waals surface area contributed by atoms with Crippen LogP contribution in [0.3, 0.4) is 0 Å². The maximum atomic E-state index is 12.0. The minimum atomic E-state index is -0.777. The number of hydrogen-bond acceptors (Lipinski definition) is 5. The number of carbonyl (C=O) groups is 1. The summed E-state index contributed by atoms with van der Waals surface area (Å²) in [6.07, 6.45) is 17.5. The molecule has 1 aromatic rings. The lowest BCUT2D eigenvalue weighted by molar-refractivity contribution is 0.0947. The van der Waals surface area contributed by atoms with Crippen molar-refractivity contribution in [1.29, 1.82) is 0 Å². The summed E-state index contributed by atoms with van der Waals surface area (Å²) in [6.45, 7) is 4.46. The number of unbranched alkanes of at least 4 members (excludes halogenated alkanes) is 12. The number of rotatable bonds is 17. The van der Waals surface area contributed by atoms with Crippen molar-refractivity contribution in [2.75, 3.05) is 6.54 Å². The molecule has 0 aliphatic heterocycles. The van der Waals surface area contributed by atoms with Crippen LogP contribution in [0.2, 0.25) is 0 Å². The summed E-state index contributed by atoms with van der Waals surface area (Å²) >= 11 is 0. The molecule has 1 heterocycles. The third-order valence-corrected chi connectivity index (χ3v) is 5.13. The molecule has 0 aliphatic rings. The lowest BCUT2D eigenvalue weighted by Gasteiger charge is -2.09. The largest absolute Gasteiger partial charge is 0.446 e. The molecular weight excluding hydrogens is 354 g/mol. The predicted molar refractivity (Wildman–Crippen MR) is 113 cm³/mol. The number of aromatic nitrogens is 1. The van der Waals surface area contributed by atoms with Crippen LogP contribution in [-0.4, -0.2) is 28.6 Å². The van der Waals surface area contributed by atoms with E-state index >= 15 is 0 Å². The van der Waals surface area contributed by atoms with E-state index in [-0.39, 0.29) is 17.5 Å². The number of amides is 1. The lowest BCUT2D eigenvalue weighted by Crippen LogP contribution is -2.26. The van der Waals surface area contributed by atoms with Crippen molar-refractivity contribution in [3.8, 4) is 0 Å². The molecule has 162 valence electrons. The molecule has 0 saturated heterocycles. The number of nitrogens with one attached hydrogen (secondary N) is 1. The van der Waals surface area contributed by atoms with Gasteiger partial charge in [0, 0.05) is 6.54 Å². The predicted octanol–water partition coefficient (Wildman–Crippen LogP) is 4.88. The van der Waals surface area contributed by atoms with Crippen molar-refractivity contribution in [1.82, 2.24) is 10.3 Å². The standard InChI is InChI=1S/C22H41N3O3/c1-3-4-5-6-7-8-9-10-11-12-13-14-15-16-24-21(27)19-17-28-22(25-19)20(23)18(2)26/h17-18,20,26H,3-16,23H2,1-2H3,(H,24,27). The third-order valence-electron chi connectivity index (χ3n) is 5.13. The zero-order valence-electron chi connectivity index (χ0n) is 17.9. The summed E-state index contributed by atoms with van der Waals surface area (Å²) in [7, 11) is 0. The van der Waals surface area contributed by atoms with Crippen LogP contribution in [0.15, 0.2) is 10.7 Å². The monoisotopic (exact) mass is 395 g/mol. The van der Waals surface area contributed by atoms with Gasteiger partial charge in [-0.3, -0.25) is 4.79 Å². The first kappa shape index (κ1) is 24.6. The summed E-state index contributed by atoms with van der Waals surface area (Å²) in [5, 5.41) is 12.3. The molecule has 1 aromatic heterocycles. The van der Waals surface area contributed by atoms with E-state index in [4.69, 9.17) is 10.2 Å². The van der Waals surface area contributed by atoms with E-state index in [2.05, 4.69) is 17.2 Å². The fourth-order valence-corrected chi connectivity index (χ4v) is 3.19. The van der Waals surface area contributed by atoms with Crippen LogP contribution in [0, 0.1) is 0 Å². The van der Waals surface area contributed by atoms with Crippen molar-refractivity contribution in [2.24, 2.45) is 5.73 Å². The van der Waals surface area contributed by atoms with Crippen LogP contribution < -0.4 is 11.1 Å². The zero-order valence-corrected chi connectivity index (χ0v) is 17.9. The lowest BCUT2D eigenvalue weighted by atomic mass is 10.0. The average molecular weight is 396 g/mol. The Morgan fingerprint density at radius 1 is 1.04 bits per heavy atom. The van der Waals surface area contributed by atoms with Crippen LogP contribution in [0.4, 0.5) is 0 Å². The van der Waals surface area contributed by atoms with E-state index in [9.17, 15) is 9.90 Å². The van der Waals surface area contributed by atoms with Gasteiger partial charge in [0.25, 0.3) is 5.91 Å². The number of nitrogens with two attached hydrogens (primary N) is 1. The fraction of sp³-hybridized carbons (Fsp3) is 0.818. The maximum absolute atomic E-state index is 12.0. The van der Waals surface area contributed by atoms with Crippen molar-refractivity contribution in [3.05, 3.63) is 17.8 Å². The molecule has 0 saturated carbocycles. The van der Waals surface area contributed by atoms with Gasteiger partial charge < -0.3 is 20.6 Å². The summed E-state index contributed by atoms with van der Waals surface area (Å²) < 4.78 is 5.18. The molecule has 0 aromatic carbocycles. The molecule has 0 radical (unpaired) electrons. The van der Waals surface area contributed by atoms with Crippen molar-refractivity contribution in [2.45, 2.75) is 109 Å². The average Bonchev–Trinajstić information content (AvgIpc) is 3.17. The first-order chi connectivity index (χ1) is 13.6. The highest BCUT2D eigenvalue weighted by atomic mass is 16.3. The van der Waals surface area contributed by atoms with E-state index < -0.39 is 12.1 Å². The van der Waals surface area contributed by atoms with Gasteiger partial charge in [-0.15, -0.1) is 0 Å². The molecule has 1 amide bonds. The molecule has 2 unspecified atom stereocenters. The minimum Gasteiger partial charge on any atom is -0.446 e. The quantitative estimate of drug-likeness (QED) is 0.326. The van der Waals surface area contributed by atoms with E-state index in [0.717, 1.165) is 12.8 Å². The van der Waals surface area contributed by atoms with Gasteiger partial charge in [0.15, 0.2) is 5.69 Å². The fourth-order valence-electron chi connectivity index (χ4n) is 3.19. The number of hydrogen-bond donors (Lipinski definition) is 3. The second kappa shape index (κ2) is 15.5. The summed E-state index contributed by atoms with van der Waals surface area (Å²) in [5.41, 5.74) is 5.95. The second-order valence-electron chi connectivity index (χ2n) is 7.84. The summed E-state index contributed by atoms with van der Waals surface area (Å²) in [5.74, 6) is -0.0761. The summed E-state index contributed by atoms with van der Waals surface area (Å²) in [6, 6.07) is -0.720. The molecule has 0 bridgehead atoms. The molecule has 0 aliphatic carbocycles. The number of aliphatic hydroxyl groups excluding tert-OH is 1. The zero-order chi connectivity index (χ0) is 20.6. The van der Waals surface area contributed by atoms with Crippen LogP contribution in [0.1, 0.15) is 120 Å². The van der Waals surface area contributed by atoms with Gasteiger partial charge in [0.2, 0.25) is 5.89 Å². The highest BCUT2D eigenvalue weighted by Gasteiger charge is 2.20. The van der Waals surface area contributed by atoms with Gasteiger partial charge in [0.05, 0.1) is 6.10 Å². The minimum absolute atomic E-state index is 0.182. The van der Waals surface area contributed by atoms with Gasteiger partial charge in [-0.05, 0) is 13.3 Å². The Kier molecular flexibility index (Phi) is 13.7. The van der Waals surface area contributed by atoms with Gasteiger partial charge in [-0.2, -0.15) is 0 Å². The van der Waals surface area contributed by atoms with Crippen molar-refractivity contribution < 1.29 is 14.3 Å². The third kappa shape index (κ3) is 10.8. The molecule has 0 spiro atoms. The van der Waals surface area contributed by atoms with Gasteiger partial charge in [-0.25, -0.2) is 4.98 Å². The van der Waals surface area contributed by atoms with Crippen LogP contribution in [-0.2, 0) is 0 Å². The molecule has 6 nitrogen and oxygen atoms in total. The van der Waals surface area contributed by atoms with Crippen LogP contribution >= 0.6 is 0 Å². The van der Waals surface area contributed by atoms with Crippen LogP contribution in [0.25, 0.3) is 0 Å². The van der Waals surface area contributed by atoms with E-state index in [1.54, 1.807) is 6.92 Å². The van der Waals surface area contributed by atoms with E-state index in [1.807, 2.05) is 0 Å². The Balaban J connectivity index is 1.95. The molecule has 4 N–H and O–H groups in total. The molecule has 1 rings (SSSR count). The molecule has 2 atom stereocenters. The van der Waals surface area contributed by atoms with Gasteiger partial charge in [-0.1, -0.05) is 84.0 Å². The Bertz CT molecular complexity index is 517. The highest BCUT2D eigenvalue weighted by molar-refractivity contribution is 5.91. The van der Waals surface area contributed by atoms with E-state index in [1.165, 1.54) is 76.9 Å². The maximum Gasteiger partial charge on any atom is 0.273 e. The Hall–Kier alpha value is -1.40. The number of oxazole rings is 1. The molecular formula is C22H41N3O3. The number of aliphatic hydroxyl groups is 1. The van der Waals surface area contributed by atoms with Gasteiger partial charge in [0.1, 0.15) is 12.3 Å².